The summed E-state index contributed by atoms with van der Waals surface area (Å²) < 4.78 is 0. The van der Waals surface area contributed by atoms with E-state index < -0.39 is 0 Å². The Morgan fingerprint density at radius 1 is 0.735 bits per heavy atom. The Hall–Kier alpha value is -1.12. The summed E-state index contributed by atoms with van der Waals surface area (Å²) in [5.41, 5.74) is 0. The van der Waals surface area contributed by atoms with Gasteiger partial charge in [0.2, 0.25) is 0 Å². The smallest absolute Gasteiger partial charge is 0.253 e. The summed E-state index contributed by atoms with van der Waals surface area (Å²) in [6, 6.07) is 0. The van der Waals surface area contributed by atoms with Gasteiger partial charge in [-0.2, -0.15) is 0 Å². The van der Waals surface area contributed by atoms with Crippen LogP contribution in [0.25, 0.3) is 0 Å². The van der Waals surface area contributed by atoms with Crippen LogP contribution in [0, 0.1) is 29.6 Å². The van der Waals surface area contributed by atoms with Crippen LogP contribution in [0.5, 0.6) is 0 Å². The molecule has 2 rings (SSSR count). The molecule has 1 aliphatic carbocycles. The van der Waals surface area contributed by atoms with Gasteiger partial charge >= 0.3 is 0 Å². The molecule has 3 nitrogen and oxygen atoms in total. The third kappa shape index (κ3) is 10.6. The number of unbranched alkanes of at least 4 members (excludes halogenated alkanes) is 10. The van der Waals surface area contributed by atoms with Gasteiger partial charge in [-0.15, -0.1) is 0 Å². The molecule has 3 heteroatoms. The van der Waals surface area contributed by atoms with E-state index in [9.17, 15) is 9.59 Å². The molecule has 0 N–H and O–H groups in total. The molecule has 1 heterocycles. The fourth-order valence-electron chi connectivity index (χ4n) is 6.34. The number of nitrogens with zero attached hydrogens (tertiary/aromatic N) is 1. The van der Waals surface area contributed by atoms with Gasteiger partial charge in [0.05, 0.1) is 0 Å². The maximum Gasteiger partial charge on any atom is 0.253 e. The van der Waals surface area contributed by atoms with E-state index in [0.717, 1.165) is 42.4 Å². The molecule has 1 aliphatic heterocycles. The van der Waals surface area contributed by atoms with E-state index in [1.54, 1.807) is 0 Å². The number of carbonyl (C=O) groups is 2. The SMILES string of the molecule is CC(C)CCCCCCCCC1C(CCCCCCCCN2C(=O)C=CC2=O)CCC(C)C1C. The third-order valence-corrected chi connectivity index (χ3v) is 8.85. The summed E-state index contributed by atoms with van der Waals surface area (Å²) in [7, 11) is 0. The summed E-state index contributed by atoms with van der Waals surface area (Å²) in [5.74, 6) is 4.29. The lowest BCUT2D eigenvalue weighted by molar-refractivity contribution is -0.136. The minimum Gasteiger partial charge on any atom is -0.275 e. The first-order chi connectivity index (χ1) is 16.4. The Balaban J connectivity index is 1.54. The fourth-order valence-corrected chi connectivity index (χ4v) is 6.34. The molecule has 34 heavy (non-hydrogen) atoms. The highest BCUT2D eigenvalue weighted by atomic mass is 16.2. The zero-order valence-electron chi connectivity index (χ0n) is 23.0. The number of carbonyl (C=O) groups excluding carboxylic acids is 2. The topological polar surface area (TPSA) is 37.4 Å². The number of imide groups is 1. The molecule has 1 saturated carbocycles. The van der Waals surface area contributed by atoms with Crippen LogP contribution in [-0.4, -0.2) is 23.3 Å². The highest BCUT2D eigenvalue weighted by molar-refractivity contribution is 6.12. The molecule has 0 aromatic carbocycles. The normalized spacial score (nSPS) is 25.1. The number of rotatable bonds is 18. The second-order valence-electron chi connectivity index (χ2n) is 12.0. The zero-order chi connectivity index (χ0) is 24.8. The molecule has 4 unspecified atom stereocenters. The largest absolute Gasteiger partial charge is 0.275 e. The van der Waals surface area contributed by atoms with Crippen molar-refractivity contribution in [1.82, 2.24) is 4.90 Å². The van der Waals surface area contributed by atoms with Crippen LogP contribution < -0.4 is 0 Å². The second kappa shape index (κ2) is 16.5. The van der Waals surface area contributed by atoms with Gasteiger partial charge in [-0.1, -0.05) is 118 Å². The Morgan fingerprint density at radius 2 is 1.26 bits per heavy atom. The summed E-state index contributed by atoms with van der Waals surface area (Å²) in [4.78, 5) is 24.5. The van der Waals surface area contributed by atoms with Gasteiger partial charge in [0.25, 0.3) is 11.8 Å². The van der Waals surface area contributed by atoms with Gasteiger partial charge in [-0.3, -0.25) is 14.5 Å². The molecule has 2 amide bonds. The molecular formula is C31H55NO2. The predicted molar refractivity (Wildman–Crippen MR) is 144 cm³/mol. The summed E-state index contributed by atoms with van der Waals surface area (Å²) in [5, 5.41) is 0. The van der Waals surface area contributed by atoms with Gasteiger partial charge in [-0.25, -0.2) is 0 Å². The van der Waals surface area contributed by atoms with E-state index in [4.69, 9.17) is 0 Å². The van der Waals surface area contributed by atoms with Crippen LogP contribution >= 0.6 is 0 Å². The Morgan fingerprint density at radius 3 is 1.88 bits per heavy atom. The third-order valence-electron chi connectivity index (χ3n) is 8.85. The lowest BCUT2D eigenvalue weighted by atomic mass is 9.65. The summed E-state index contributed by atoms with van der Waals surface area (Å²) in [6.45, 7) is 10.3. The van der Waals surface area contributed by atoms with Crippen LogP contribution in [0.3, 0.4) is 0 Å². The maximum absolute atomic E-state index is 11.6. The van der Waals surface area contributed by atoms with Gasteiger partial charge < -0.3 is 0 Å². The minimum atomic E-state index is -0.141. The van der Waals surface area contributed by atoms with Gasteiger partial charge in [0.1, 0.15) is 0 Å². The van der Waals surface area contributed by atoms with E-state index in [-0.39, 0.29) is 11.8 Å². The van der Waals surface area contributed by atoms with Crippen molar-refractivity contribution >= 4 is 11.8 Å². The monoisotopic (exact) mass is 473 g/mol. The van der Waals surface area contributed by atoms with E-state index in [0.29, 0.717) is 6.54 Å². The first-order valence-electron chi connectivity index (χ1n) is 14.9. The van der Waals surface area contributed by atoms with Gasteiger partial charge in [0.15, 0.2) is 0 Å². The second-order valence-corrected chi connectivity index (χ2v) is 12.0. The summed E-state index contributed by atoms with van der Waals surface area (Å²) >= 11 is 0. The average molecular weight is 474 g/mol. The molecule has 0 bridgehead atoms. The molecule has 0 radical (unpaired) electrons. The molecule has 0 spiro atoms. The number of hydrogen-bond donors (Lipinski definition) is 0. The maximum atomic E-state index is 11.6. The average Bonchev–Trinajstić information content (AvgIpc) is 3.12. The van der Waals surface area contributed by atoms with E-state index in [1.807, 2.05) is 0 Å². The Kier molecular flexibility index (Phi) is 14.2. The van der Waals surface area contributed by atoms with E-state index in [1.165, 1.54) is 113 Å². The van der Waals surface area contributed by atoms with Crippen molar-refractivity contribution in [1.29, 1.82) is 0 Å². The molecule has 2 aliphatic rings. The molecule has 1 fully saturated rings. The van der Waals surface area contributed by atoms with Crippen molar-refractivity contribution in [3.05, 3.63) is 12.2 Å². The van der Waals surface area contributed by atoms with Crippen LogP contribution in [0.1, 0.15) is 137 Å². The van der Waals surface area contributed by atoms with Crippen LogP contribution in [-0.2, 0) is 9.59 Å². The number of amides is 2. The van der Waals surface area contributed by atoms with Gasteiger partial charge in [-0.05, 0) is 48.9 Å². The molecule has 0 saturated heterocycles. The van der Waals surface area contributed by atoms with Crippen molar-refractivity contribution < 1.29 is 9.59 Å². The minimum absolute atomic E-state index is 0.141. The van der Waals surface area contributed by atoms with E-state index in [2.05, 4.69) is 27.7 Å². The molecular weight excluding hydrogens is 418 g/mol. The Labute approximate surface area is 211 Å². The van der Waals surface area contributed by atoms with Crippen molar-refractivity contribution in [2.24, 2.45) is 29.6 Å². The van der Waals surface area contributed by atoms with Crippen molar-refractivity contribution in [2.75, 3.05) is 6.54 Å². The quantitative estimate of drug-likeness (QED) is 0.147. The van der Waals surface area contributed by atoms with Crippen LogP contribution in [0.4, 0.5) is 0 Å². The molecule has 196 valence electrons. The lowest BCUT2D eigenvalue weighted by Gasteiger charge is -2.41. The predicted octanol–water partition coefficient (Wildman–Crippen LogP) is 8.72. The van der Waals surface area contributed by atoms with E-state index >= 15 is 0 Å². The number of hydrogen-bond acceptors (Lipinski definition) is 2. The van der Waals surface area contributed by atoms with Gasteiger partial charge in [0, 0.05) is 18.7 Å². The summed E-state index contributed by atoms with van der Waals surface area (Å²) in [6.07, 6.45) is 25.9. The fraction of sp³-hybridized carbons (Fsp3) is 0.871. The highest BCUT2D eigenvalue weighted by Gasteiger charge is 2.33. The van der Waals surface area contributed by atoms with Crippen molar-refractivity contribution in [3.8, 4) is 0 Å². The zero-order valence-corrected chi connectivity index (χ0v) is 23.0. The molecule has 4 atom stereocenters. The standard InChI is InChI=1S/C31H55NO2/c1-25(2)17-13-9-5-6-11-15-19-29-27(4)26(3)20-21-28(29)18-14-10-7-8-12-16-24-32-30(33)22-23-31(32)34/h22-23,25-29H,5-21,24H2,1-4H3. The Bertz CT molecular complexity index is 593. The van der Waals surface area contributed by atoms with Crippen LogP contribution in [0.15, 0.2) is 12.2 Å². The lowest BCUT2D eigenvalue weighted by Crippen LogP contribution is -2.32. The highest BCUT2D eigenvalue weighted by Crippen LogP contribution is 2.43. The first kappa shape index (κ1) is 29.1. The van der Waals surface area contributed by atoms with Crippen molar-refractivity contribution in [3.63, 3.8) is 0 Å². The van der Waals surface area contributed by atoms with Crippen LogP contribution in [0.2, 0.25) is 0 Å². The molecule has 0 aromatic heterocycles. The van der Waals surface area contributed by atoms with Crippen molar-refractivity contribution in [2.45, 2.75) is 137 Å². The first-order valence-corrected chi connectivity index (χ1v) is 14.9. The molecule has 0 aromatic rings.